The number of aromatic nitrogens is 2. The minimum absolute atomic E-state index is 0.105. The van der Waals surface area contributed by atoms with Crippen LogP contribution < -0.4 is 20.4 Å². The summed E-state index contributed by atoms with van der Waals surface area (Å²) in [5, 5.41) is 5.03. The van der Waals surface area contributed by atoms with Crippen LogP contribution in [0.15, 0.2) is 24.5 Å². The molecule has 2 amide bonds. The van der Waals surface area contributed by atoms with E-state index >= 15 is 4.39 Å². The molecule has 3 aliphatic heterocycles. The molecule has 4 heterocycles. The monoisotopic (exact) mass is 593 g/mol. The van der Waals surface area contributed by atoms with E-state index < -0.39 is 48.6 Å². The molecular weight excluding hydrogens is 558 g/mol. The van der Waals surface area contributed by atoms with Gasteiger partial charge in [0.2, 0.25) is 17.8 Å². The van der Waals surface area contributed by atoms with Gasteiger partial charge in [0, 0.05) is 68.7 Å². The normalized spacial score (nSPS) is 23.3. The van der Waals surface area contributed by atoms with Crippen molar-refractivity contribution in [2.24, 2.45) is 11.8 Å². The van der Waals surface area contributed by atoms with Gasteiger partial charge in [0.1, 0.15) is 5.82 Å². The Morgan fingerprint density at radius 2 is 1.88 bits per heavy atom. The van der Waals surface area contributed by atoms with E-state index in [2.05, 4.69) is 25.5 Å². The number of nitrogens with one attached hydrogen (secondary N) is 2. The van der Waals surface area contributed by atoms with E-state index in [0.717, 1.165) is 13.0 Å². The van der Waals surface area contributed by atoms with Crippen LogP contribution in [0.2, 0.25) is 0 Å². The number of carbonyl (C=O) groups is 2. The Bertz CT molecular complexity index is 1290. The maximum absolute atomic E-state index is 15.7. The number of amides is 2. The van der Waals surface area contributed by atoms with E-state index in [9.17, 15) is 22.8 Å². The SMILES string of the molecule is CCN(C)[C@@H]1CCN(c2cc(F)c(-c3cnc(N4CCOCC4)nc3)cc2NC(=O)C2CNC(=O)CC2C(F)(F)F)C1. The first-order chi connectivity index (χ1) is 20.0. The molecule has 3 saturated heterocycles. The first-order valence-corrected chi connectivity index (χ1v) is 14.1. The van der Waals surface area contributed by atoms with Crippen molar-refractivity contribution in [3.63, 3.8) is 0 Å². The third-order valence-corrected chi connectivity index (χ3v) is 8.38. The van der Waals surface area contributed by atoms with Crippen molar-refractivity contribution in [1.29, 1.82) is 0 Å². The molecule has 2 aromatic rings. The topological polar surface area (TPSA) is 103 Å². The van der Waals surface area contributed by atoms with Gasteiger partial charge in [0.15, 0.2) is 0 Å². The summed E-state index contributed by atoms with van der Waals surface area (Å²) in [6.45, 7) is 5.92. The van der Waals surface area contributed by atoms with Crippen molar-refractivity contribution < 1.29 is 31.9 Å². The third kappa shape index (κ3) is 6.43. The number of rotatable bonds is 7. The second kappa shape index (κ2) is 12.4. The van der Waals surface area contributed by atoms with Crippen LogP contribution in [0.3, 0.4) is 0 Å². The predicted molar refractivity (Wildman–Crippen MR) is 149 cm³/mol. The fourth-order valence-corrected chi connectivity index (χ4v) is 5.74. The fraction of sp³-hybridized carbons (Fsp3) is 0.571. The molecule has 10 nitrogen and oxygen atoms in total. The second-order valence-corrected chi connectivity index (χ2v) is 10.9. The number of likely N-dealkylation sites (N-methyl/N-ethyl adjacent to an activating group) is 1. The number of morpholine rings is 1. The van der Waals surface area contributed by atoms with Gasteiger partial charge in [-0.2, -0.15) is 13.2 Å². The number of alkyl halides is 3. The molecule has 0 aliphatic carbocycles. The highest BCUT2D eigenvalue weighted by atomic mass is 19.4. The lowest BCUT2D eigenvalue weighted by atomic mass is 9.84. The molecule has 1 aromatic heterocycles. The number of hydrogen-bond donors (Lipinski definition) is 2. The summed E-state index contributed by atoms with van der Waals surface area (Å²) in [5.74, 6) is -5.39. The molecule has 3 fully saturated rings. The van der Waals surface area contributed by atoms with E-state index in [1.165, 1.54) is 24.5 Å². The van der Waals surface area contributed by atoms with Crippen molar-refractivity contribution in [2.45, 2.75) is 32.0 Å². The quantitative estimate of drug-likeness (QED) is 0.473. The number of carbonyl (C=O) groups excluding carboxylic acids is 2. The van der Waals surface area contributed by atoms with Gasteiger partial charge in [-0.15, -0.1) is 0 Å². The fourth-order valence-electron chi connectivity index (χ4n) is 5.74. The second-order valence-electron chi connectivity index (χ2n) is 10.9. The molecule has 2 unspecified atom stereocenters. The van der Waals surface area contributed by atoms with Gasteiger partial charge in [-0.1, -0.05) is 6.92 Å². The predicted octanol–water partition coefficient (Wildman–Crippen LogP) is 2.90. The zero-order chi connectivity index (χ0) is 30.0. The number of halogens is 4. The Hall–Kier alpha value is -3.52. The van der Waals surface area contributed by atoms with Crippen LogP contribution in [0.1, 0.15) is 19.8 Å². The smallest absolute Gasteiger partial charge is 0.378 e. The first kappa shape index (κ1) is 30.0. The summed E-state index contributed by atoms with van der Waals surface area (Å²) in [6, 6.07) is 2.93. The number of anilines is 3. The van der Waals surface area contributed by atoms with Gasteiger partial charge < -0.3 is 30.1 Å². The van der Waals surface area contributed by atoms with Crippen LogP contribution in [-0.4, -0.2) is 98.4 Å². The van der Waals surface area contributed by atoms with Gasteiger partial charge in [0.05, 0.1) is 36.4 Å². The molecule has 0 spiro atoms. The summed E-state index contributed by atoms with van der Waals surface area (Å²) in [7, 11) is 2.00. The van der Waals surface area contributed by atoms with E-state index in [4.69, 9.17) is 4.74 Å². The molecule has 0 saturated carbocycles. The molecule has 3 atom stereocenters. The first-order valence-electron chi connectivity index (χ1n) is 14.1. The molecule has 3 aliphatic rings. The van der Waals surface area contributed by atoms with Gasteiger partial charge in [-0.3, -0.25) is 9.59 Å². The van der Waals surface area contributed by atoms with E-state index in [0.29, 0.717) is 56.6 Å². The van der Waals surface area contributed by atoms with Gasteiger partial charge in [-0.05, 0) is 32.1 Å². The number of piperidine rings is 1. The minimum atomic E-state index is -4.73. The average molecular weight is 594 g/mol. The lowest BCUT2D eigenvalue weighted by molar-refractivity contribution is -0.197. The Morgan fingerprint density at radius 1 is 1.17 bits per heavy atom. The summed E-state index contributed by atoms with van der Waals surface area (Å²) < 4.78 is 62.4. The molecule has 14 heteroatoms. The zero-order valence-corrected chi connectivity index (χ0v) is 23.6. The summed E-state index contributed by atoms with van der Waals surface area (Å²) in [4.78, 5) is 39.9. The van der Waals surface area contributed by atoms with Gasteiger partial charge in [-0.25, -0.2) is 14.4 Å². The van der Waals surface area contributed by atoms with Crippen LogP contribution in [0.25, 0.3) is 11.1 Å². The highest BCUT2D eigenvalue weighted by Gasteiger charge is 2.50. The minimum Gasteiger partial charge on any atom is -0.378 e. The highest BCUT2D eigenvalue weighted by Crippen LogP contribution is 2.39. The Morgan fingerprint density at radius 3 is 2.55 bits per heavy atom. The average Bonchev–Trinajstić information content (AvgIpc) is 3.48. The van der Waals surface area contributed by atoms with E-state index in [-0.39, 0.29) is 17.3 Å². The molecule has 42 heavy (non-hydrogen) atoms. The van der Waals surface area contributed by atoms with E-state index in [1.807, 2.05) is 23.8 Å². The number of hydrogen-bond acceptors (Lipinski definition) is 8. The molecule has 5 rings (SSSR count). The number of nitrogens with zero attached hydrogens (tertiary/aromatic N) is 5. The van der Waals surface area contributed by atoms with Gasteiger partial charge in [0.25, 0.3) is 0 Å². The molecule has 1 aromatic carbocycles. The Labute approximate surface area is 241 Å². The molecule has 0 bridgehead atoms. The maximum atomic E-state index is 15.7. The lowest BCUT2D eigenvalue weighted by Gasteiger charge is -2.32. The molecule has 0 radical (unpaired) electrons. The highest BCUT2D eigenvalue weighted by molar-refractivity contribution is 5.98. The maximum Gasteiger partial charge on any atom is 0.393 e. The lowest BCUT2D eigenvalue weighted by Crippen LogP contribution is -2.50. The zero-order valence-electron chi connectivity index (χ0n) is 23.6. The van der Waals surface area contributed by atoms with Crippen LogP contribution >= 0.6 is 0 Å². The van der Waals surface area contributed by atoms with Crippen molar-refractivity contribution in [2.75, 3.05) is 74.6 Å². The van der Waals surface area contributed by atoms with Crippen molar-refractivity contribution in [1.82, 2.24) is 20.2 Å². The van der Waals surface area contributed by atoms with Crippen molar-refractivity contribution in [3.05, 3.63) is 30.3 Å². The molecular formula is C28H35F4N7O3. The molecule has 2 N–H and O–H groups in total. The molecule has 228 valence electrons. The largest absolute Gasteiger partial charge is 0.393 e. The van der Waals surface area contributed by atoms with Crippen LogP contribution in [0.5, 0.6) is 0 Å². The Kier molecular flexibility index (Phi) is 8.83. The van der Waals surface area contributed by atoms with Crippen molar-refractivity contribution in [3.8, 4) is 11.1 Å². The number of ether oxygens (including phenoxy) is 1. The van der Waals surface area contributed by atoms with Gasteiger partial charge >= 0.3 is 6.18 Å². The summed E-state index contributed by atoms with van der Waals surface area (Å²) >= 11 is 0. The van der Waals surface area contributed by atoms with Crippen LogP contribution in [0, 0.1) is 17.7 Å². The van der Waals surface area contributed by atoms with Crippen LogP contribution in [-0.2, 0) is 14.3 Å². The van der Waals surface area contributed by atoms with Crippen LogP contribution in [0.4, 0.5) is 34.9 Å². The standard InChI is InChI=1S/C28H35F4N7O3/c1-3-37(2)18-4-5-39(16-18)24-12-22(29)19(17-13-34-27(35-14-17)38-6-8-42-9-7-38)10-23(24)36-26(41)20-15-33-25(40)11-21(20)28(30,31)32/h10,12-14,18,20-21H,3-9,11,15-16H2,1-2H3,(H,33,40)(H,36,41)/t18-,20?,21?/m1/s1. The Balaban J connectivity index is 1.47. The number of benzene rings is 1. The summed E-state index contributed by atoms with van der Waals surface area (Å²) in [5.41, 5.74) is 1.03. The summed E-state index contributed by atoms with van der Waals surface area (Å²) in [6.07, 6.45) is -1.78. The third-order valence-electron chi connectivity index (χ3n) is 8.38. The van der Waals surface area contributed by atoms with E-state index in [1.54, 1.807) is 0 Å². The van der Waals surface area contributed by atoms with Crippen molar-refractivity contribution >= 4 is 29.1 Å².